The minimum Gasteiger partial charge on any atom is -0.399 e. The zero-order chi connectivity index (χ0) is 9.97. The van der Waals surface area contributed by atoms with E-state index in [-0.39, 0.29) is 12.5 Å². The van der Waals surface area contributed by atoms with E-state index in [0.717, 1.165) is 5.69 Å². The molecule has 1 aromatic rings. The number of rotatable bonds is 1. The largest absolute Gasteiger partial charge is 0.399 e. The molecule has 14 heavy (non-hydrogen) atoms. The Balaban J connectivity index is 2.24. The average molecular weight is 192 g/mol. The number of morpholine rings is 1. The maximum Gasteiger partial charge on any atom is 0.253 e. The van der Waals surface area contributed by atoms with Crippen molar-refractivity contribution in [2.24, 2.45) is 0 Å². The number of carbonyl (C=O) groups is 1. The van der Waals surface area contributed by atoms with Gasteiger partial charge in [0.25, 0.3) is 5.91 Å². The lowest BCUT2D eigenvalue weighted by Crippen LogP contribution is -2.41. The first-order valence-electron chi connectivity index (χ1n) is 4.51. The number of hydrogen-bond donors (Lipinski definition) is 1. The van der Waals surface area contributed by atoms with Crippen molar-refractivity contribution >= 4 is 17.3 Å². The van der Waals surface area contributed by atoms with Crippen LogP contribution in [0.15, 0.2) is 24.3 Å². The third-order valence-electron chi connectivity index (χ3n) is 2.17. The van der Waals surface area contributed by atoms with Crippen LogP contribution in [0.25, 0.3) is 0 Å². The molecule has 0 aromatic heterocycles. The van der Waals surface area contributed by atoms with Gasteiger partial charge in [-0.05, 0) is 18.2 Å². The number of anilines is 2. The molecule has 0 saturated carbocycles. The van der Waals surface area contributed by atoms with Crippen LogP contribution in [-0.2, 0) is 9.53 Å². The quantitative estimate of drug-likeness (QED) is 0.664. The van der Waals surface area contributed by atoms with Crippen molar-refractivity contribution in [2.45, 2.75) is 0 Å². The second-order valence-electron chi connectivity index (χ2n) is 3.19. The standard InChI is InChI=1S/C10H12N2O2/c11-8-2-1-3-9(6-8)12-4-5-14-7-10(12)13/h1-3,6H,4-5,7,11H2. The van der Waals surface area contributed by atoms with Crippen LogP contribution in [-0.4, -0.2) is 25.7 Å². The number of benzene rings is 1. The molecule has 74 valence electrons. The number of nitrogen functional groups attached to an aromatic ring is 1. The van der Waals surface area contributed by atoms with Gasteiger partial charge in [-0.2, -0.15) is 0 Å². The lowest BCUT2D eigenvalue weighted by atomic mass is 10.2. The fourth-order valence-corrected chi connectivity index (χ4v) is 1.48. The molecule has 0 unspecified atom stereocenters. The Morgan fingerprint density at radius 2 is 2.29 bits per heavy atom. The second-order valence-corrected chi connectivity index (χ2v) is 3.19. The van der Waals surface area contributed by atoms with Crippen molar-refractivity contribution in [1.82, 2.24) is 0 Å². The van der Waals surface area contributed by atoms with Gasteiger partial charge >= 0.3 is 0 Å². The Hall–Kier alpha value is -1.55. The lowest BCUT2D eigenvalue weighted by Gasteiger charge is -2.26. The van der Waals surface area contributed by atoms with E-state index in [2.05, 4.69) is 0 Å². The summed E-state index contributed by atoms with van der Waals surface area (Å²) in [5.74, 6) is -0.0122. The van der Waals surface area contributed by atoms with Gasteiger partial charge in [0.1, 0.15) is 6.61 Å². The van der Waals surface area contributed by atoms with E-state index < -0.39 is 0 Å². The highest BCUT2D eigenvalue weighted by molar-refractivity contribution is 5.95. The number of nitrogens with two attached hydrogens (primary N) is 1. The monoisotopic (exact) mass is 192 g/mol. The maximum atomic E-state index is 11.5. The van der Waals surface area contributed by atoms with E-state index in [1.165, 1.54) is 0 Å². The molecular formula is C10H12N2O2. The van der Waals surface area contributed by atoms with Crippen LogP contribution < -0.4 is 10.6 Å². The van der Waals surface area contributed by atoms with Gasteiger partial charge in [0.05, 0.1) is 6.61 Å². The fraction of sp³-hybridized carbons (Fsp3) is 0.300. The first kappa shape index (κ1) is 9.02. The highest BCUT2D eigenvalue weighted by atomic mass is 16.5. The predicted molar refractivity (Wildman–Crippen MR) is 54.0 cm³/mol. The Morgan fingerprint density at radius 1 is 1.43 bits per heavy atom. The van der Waals surface area contributed by atoms with Gasteiger partial charge in [-0.15, -0.1) is 0 Å². The molecule has 1 saturated heterocycles. The van der Waals surface area contributed by atoms with Gasteiger partial charge < -0.3 is 15.4 Å². The van der Waals surface area contributed by atoms with Crippen molar-refractivity contribution < 1.29 is 9.53 Å². The molecule has 4 heteroatoms. The van der Waals surface area contributed by atoms with E-state index in [1.54, 1.807) is 17.0 Å². The minimum atomic E-state index is -0.0122. The summed E-state index contributed by atoms with van der Waals surface area (Å²) >= 11 is 0. The van der Waals surface area contributed by atoms with E-state index in [9.17, 15) is 4.79 Å². The number of ether oxygens (including phenoxy) is 1. The Bertz CT molecular complexity index is 352. The molecule has 0 spiro atoms. The van der Waals surface area contributed by atoms with Crippen molar-refractivity contribution in [3.63, 3.8) is 0 Å². The molecule has 1 fully saturated rings. The molecule has 1 aliphatic rings. The first-order chi connectivity index (χ1) is 6.77. The lowest BCUT2D eigenvalue weighted by molar-refractivity contribution is -0.125. The predicted octanol–water partition coefficient (Wildman–Crippen LogP) is 0.632. The number of carbonyl (C=O) groups excluding carboxylic acids is 1. The van der Waals surface area contributed by atoms with Gasteiger partial charge in [-0.1, -0.05) is 6.07 Å². The number of nitrogens with zero attached hydrogens (tertiary/aromatic N) is 1. The molecule has 4 nitrogen and oxygen atoms in total. The molecule has 0 atom stereocenters. The Morgan fingerprint density at radius 3 is 3.00 bits per heavy atom. The van der Waals surface area contributed by atoms with Crippen LogP contribution in [0.1, 0.15) is 0 Å². The van der Waals surface area contributed by atoms with E-state index >= 15 is 0 Å². The van der Waals surface area contributed by atoms with Crippen molar-refractivity contribution in [2.75, 3.05) is 30.4 Å². The fourth-order valence-electron chi connectivity index (χ4n) is 1.48. The van der Waals surface area contributed by atoms with Crippen LogP contribution in [0.3, 0.4) is 0 Å². The third kappa shape index (κ3) is 1.70. The molecule has 0 radical (unpaired) electrons. The molecule has 1 aliphatic heterocycles. The highest BCUT2D eigenvalue weighted by Gasteiger charge is 2.19. The molecule has 2 N–H and O–H groups in total. The smallest absolute Gasteiger partial charge is 0.253 e. The number of amides is 1. The van der Waals surface area contributed by atoms with Crippen molar-refractivity contribution in [3.05, 3.63) is 24.3 Å². The van der Waals surface area contributed by atoms with Crippen LogP contribution in [0.2, 0.25) is 0 Å². The normalized spacial score (nSPS) is 17.1. The Kier molecular flexibility index (Phi) is 2.37. The van der Waals surface area contributed by atoms with Crippen molar-refractivity contribution in [1.29, 1.82) is 0 Å². The zero-order valence-corrected chi connectivity index (χ0v) is 7.77. The molecule has 0 bridgehead atoms. The zero-order valence-electron chi connectivity index (χ0n) is 7.77. The Labute approximate surface area is 82.3 Å². The summed E-state index contributed by atoms with van der Waals surface area (Å²) < 4.78 is 5.04. The van der Waals surface area contributed by atoms with Crippen molar-refractivity contribution in [3.8, 4) is 0 Å². The number of hydrogen-bond acceptors (Lipinski definition) is 3. The first-order valence-corrected chi connectivity index (χ1v) is 4.51. The van der Waals surface area contributed by atoms with Crippen LogP contribution in [0, 0.1) is 0 Å². The molecule has 1 aromatic carbocycles. The highest BCUT2D eigenvalue weighted by Crippen LogP contribution is 2.18. The van der Waals surface area contributed by atoms with Gasteiger partial charge in [0.2, 0.25) is 0 Å². The third-order valence-corrected chi connectivity index (χ3v) is 2.17. The van der Waals surface area contributed by atoms with Gasteiger partial charge in [0, 0.05) is 17.9 Å². The average Bonchev–Trinajstić information content (AvgIpc) is 2.18. The summed E-state index contributed by atoms with van der Waals surface area (Å²) in [6, 6.07) is 7.31. The summed E-state index contributed by atoms with van der Waals surface area (Å²) in [5.41, 5.74) is 7.16. The molecular weight excluding hydrogens is 180 g/mol. The summed E-state index contributed by atoms with van der Waals surface area (Å²) in [6.45, 7) is 1.34. The second kappa shape index (κ2) is 3.67. The minimum absolute atomic E-state index is 0.0122. The van der Waals surface area contributed by atoms with Crippen LogP contribution in [0.5, 0.6) is 0 Å². The van der Waals surface area contributed by atoms with Crippen LogP contribution >= 0.6 is 0 Å². The summed E-state index contributed by atoms with van der Waals surface area (Å²) in [6.07, 6.45) is 0. The van der Waals surface area contributed by atoms with Gasteiger partial charge in [-0.3, -0.25) is 4.79 Å². The SMILES string of the molecule is Nc1cccc(N2CCOCC2=O)c1. The van der Waals surface area contributed by atoms with E-state index in [4.69, 9.17) is 10.5 Å². The van der Waals surface area contributed by atoms with Crippen LogP contribution in [0.4, 0.5) is 11.4 Å². The molecule has 1 heterocycles. The summed E-state index contributed by atoms with van der Waals surface area (Å²) in [4.78, 5) is 13.2. The topological polar surface area (TPSA) is 55.6 Å². The van der Waals surface area contributed by atoms with Gasteiger partial charge in [0.15, 0.2) is 0 Å². The molecule has 0 aliphatic carbocycles. The van der Waals surface area contributed by atoms with E-state index in [0.29, 0.717) is 18.8 Å². The summed E-state index contributed by atoms with van der Waals surface area (Å²) in [7, 11) is 0. The molecule has 1 amide bonds. The van der Waals surface area contributed by atoms with Gasteiger partial charge in [-0.25, -0.2) is 0 Å². The summed E-state index contributed by atoms with van der Waals surface area (Å²) in [5, 5.41) is 0. The van der Waals surface area contributed by atoms with E-state index in [1.807, 2.05) is 12.1 Å². The maximum absolute atomic E-state index is 11.5. The molecule has 2 rings (SSSR count).